The third kappa shape index (κ3) is 2.07. The molecular weight excluding hydrogens is 352 g/mol. The summed E-state index contributed by atoms with van der Waals surface area (Å²) in [5, 5.41) is 3.11. The van der Waals surface area contributed by atoms with E-state index < -0.39 is 29.9 Å². The van der Waals surface area contributed by atoms with Crippen LogP contribution in [-0.2, 0) is 19.1 Å². The number of nitrogens with one attached hydrogen (secondary N) is 1. The first-order chi connectivity index (χ1) is 10.5. The monoisotopic (exact) mass is 366 g/mol. The topological polar surface area (TPSA) is 75.7 Å². The first kappa shape index (κ1) is 15.2. The number of halogens is 1. The van der Waals surface area contributed by atoms with E-state index in [-0.39, 0.29) is 11.8 Å². The highest BCUT2D eigenvalue weighted by molar-refractivity contribution is 9.10. The molecule has 2 aliphatic rings. The van der Waals surface area contributed by atoms with Crippen LogP contribution in [0.5, 0.6) is 0 Å². The minimum Gasteiger partial charge on any atom is -0.468 e. The fourth-order valence-electron chi connectivity index (χ4n) is 3.32. The zero-order valence-corrected chi connectivity index (χ0v) is 13.7. The standard InChI is InChI=1S/C15H15BrN2O4/c1-18-13(19)9-10(14(18)20)12(15(21)22-2)17-11(9)7-5-3-4-6-8(7)16/h3-6,9-12,17H,1-2H3/t9-,10+,11-,12-/m1/s1. The van der Waals surface area contributed by atoms with Crippen molar-refractivity contribution in [3.63, 3.8) is 0 Å². The Morgan fingerprint density at radius 2 is 1.86 bits per heavy atom. The Bertz CT molecular complexity index is 663. The third-order valence-electron chi connectivity index (χ3n) is 4.39. The lowest BCUT2D eigenvalue weighted by Gasteiger charge is -2.20. The van der Waals surface area contributed by atoms with E-state index in [1.165, 1.54) is 14.2 Å². The first-order valence-corrected chi connectivity index (χ1v) is 7.66. The Morgan fingerprint density at radius 3 is 2.50 bits per heavy atom. The van der Waals surface area contributed by atoms with Gasteiger partial charge < -0.3 is 4.74 Å². The number of imide groups is 1. The molecule has 0 spiro atoms. The van der Waals surface area contributed by atoms with Gasteiger partial charge in [0.05, 0.1) is 18.9 Å². The number of carbonyl (C=O) groups excluding carboxylic acids is 3. The highest BCUT2D eigenvalue weighted by Crippen LogP contribution is 2.45. The van der Waals surface area contributed by atoms with E-state index in [9.17, 15) is 14.4 Å². The Kier molecular flexibility index (Phi) is 3.78. The lowest BCUT2D eigenvalue weighted by molar-refractivity contribution is -0.147. The first-order valence-electron chi connectivity index (χ1n) is 6.87. The molecule has 0 bridgehead atoms. The number of hydrogen-bond acceptors (Lipinski definition) is 5. The number of rotatable bonds is 2. The number of ether oxygens (including phenoxy) is 1. The van der Waals surface area contributed by atoms with Gasteiger partial charge >= 0.3 is 5.97 Å². The molecule has 0 saturated carbocycles. The van der Waals surface area contributed by atoms with Gasteiger partial charge in [-0.1, -0.05) is 34.1 Å². The van der Waals surface area contributed by atoms with Gasteiger partial charge in [0, 0.05) is 17.6 Å². The molecule has 1 aromatic carbocycles. The van der Waals surface area contributed by atoms with Gasteiger partial charge in [-0.2, -0.15) is 0 Å². The number of methoxy groups -OCH3 is 1. The van der Waals surface area contributed by atoms with E-state index >= 15 is 0 Å². The van der Waals surface area contributed by atoms with Crippen molar-refractivity contribution in [2.45, 2.75) is 12.1 Å². The van der Waals surface area contributed by atoms with Crippen LogP contribution >= 0.6 is 15.9 Å². The van der Waals surface area contributed by atoms with Crippen molar-refractivity contribution in [2.24, 2.45) is 11.8 Å². The van der Waals surface area contributed by atoms with Crippen molar-refractivity contribution in [1.29, 1.82) is 0 Å². The van der Waals surface area contributed by atoms with Gasteiger partial charge in [-0.25, -0.2) is 0 Å². The van der Waals surface area contributed by atoms with Crippen LogP contribution in [0.1, 0.15) is 11.6 Å². The van der Waals surface area contributed by atoms with Gasteiger partial charge in [0.2, 0.25) is 11.8 Å². The summed E-state index contributed by atoms with van der Waals surface area (Å²) in [5.41, 5.74) is 0.848. The molecule has 0 aromatic heterocycles. The zero-order valence-electron chi connectivity index (χ0n) is 12.1. The number of esters is 1. The lowest BCUT2D eigenvalue weighted by Crippen LogP contribution is -2.42. The van der Waals surface area contributed by atoms with E-state index in [0.29, 0.717) is 0 Å². The quantitative estimate of drug-likeness (QED) is 0.620. The Hall–Kier alpha value is -1.73. The fourth-order valence-corrected chi connectivity index (χ4v) is 3.85. The molecule has 0 unspecified atom stereocenters. The maximum atomic E-state index is 12.4. The molecule has 1 aromatic rings. The van der Waals surface area contributed by atoms with Crippen LogP contribution in [0.25, 0.3) is 0 Å². The molecule has 4 atom stereocenters. The summed E-state index contributed by atoms with van der Waals surface area (Å²) in [5.74, 6) is -2.45. The van der Waals surface area contributed by atoms with Crippen LogP contribution in [0.4, 0.5) is 0 Å². The molecule has 3 rings (SSSR count). The molecule has 2 saturated heterocycles. The number of hydrogen-bond donors (Lipinski definition) is 1. The van der Waals surface area contributed by atoms with Gasteiger partial charge in [0.25, 0.3) is 0 Å². The lowest BCUT2D eigenvalue weighted by atomic mass is 9.86. The zero-order chi connectivity index (χ0) is 16.0. The van der Waals surface area contributed by atoms with Crippen LogP contribution in [0.15, 0.2) is 28.7 Å². The number of carbonyl (C=O) groups is 3. The van der Waals surface area contributed by atoms with Crippen LogP contribution < -0.4 is 5.32 Å². The number of benzene rings is 1. The number of likely N-dealkylation sites (tertiary alicyclic amines) is 1. The predicted molar refractivity (Wildman–Crippen MR) is 80.6 cm³/mol. The smallest absolute Gasteiger partial charge is 0.323 e. The second-order valence-electron chi connectivity index (χ2n) is 5.45. The van der Waals surface area contributed by atoms with E-state index in [2.05, 4.69) is 21.2 Å². The number of fused-ring (bicyclic) bond motifs is 1. The van der Waals surface area contributed by atoms with Gasteiger partial charge in [-0.05, 0) is 11.6 Å². The van der Waals surface area contributed by atoms with E-state index in [1.54, 1.807) is 0 Å². The fraction of sp³-hybridized carbons (Fsp3) is 0.400. The molecule has 2 fully saturated rings. The maximum Gasteiger partial charge on any atom is 0.323 e. The molecular formula is C15H15BrN2O4. The van der Waals surface area contributed by atoms with Crippen molar-refractivity contribution in [2.75, 3.05) is 14.2 Å². The largest absolute Gasteiger partial charge is 0.468 e. The summed E-state index contributed by atoms with van der Waals surface area (Å²) < 4.78 is 5.61. The molecule has 2 amide bonds. The SMILES string of the molecule is COC(=O)[C@@H]1N[C@H](c2ccccc2Br)[C@@H]2C(=O)N(C)C(=O)[C@@H]21. The van der Waals surface area contributed by atoms with Crippen molar-refractivity contribution in [3.8, 4) is 0 Å². The molecule has 116 valence electrons. The van der Waals surface area contributed by atoms with E-state index in [4.69, 9.17) is 4.74 Å². The summed E-state index contributed by atoms with van der Waals surface area (Å²) in [4.78, 5) is 37.9. The maximum absolute atomic E-state index is 12.4. The molecule has 1 N–H and O–H groups in total. The molecule has 2 aliphatic heterocycles. The average molecular weight is 367 g/mol. The second-order valence-corrected chi connectivity index (χ2v) is 6.31. The molecule has 2 heterocycles. The van der Waals surface area contributed by atoms with Crippen LogP contribution in [-0.4, -0.2) is 42.9 Å². The molecule has 22 heavy (non-hydrogen) atoms. The van der Waals surface area contributed by atoms with Crippen molar-refractivity contribution in [3.05, 3.63) is 34.3 Å². The normalized spacial score (nSPS) is 30.6. The van der Waals surface area contributed by atoms with Gasteiger partial charge in [-0.3, -0.25) is 24.6 Å². The number of amides is 2. The number of nitrogens with zero attached hydrogens (tertiary/aromatic N) is 1. The predicted octanol–water partition coefficient (Wildman–Crippen LogP) is 0.866. The van der Waals surface area contributed by atoms with Gasteiger partial charge in [0.1, 0.15) is 6.04 Å². The summed E-state index contributed by atoms with van der Waals surface area (Å²) >= 11 is 3.46. The molecule has 7 heteroatoms. The van der Waals surface area contributed by atoms with Crippen LogP contribution in [0.3, 0.4) is 0 Å². The Labute approximate surface area is 135 Å². The van der Waals surface area contributed by atoms with Crippen molar-refractivity contribution >= 4 is 33.7 Å². The van der Waals surface area contributed by atoms with Crippen molar-refractivity contribution in [1.82, 2.24) is 10.2 Å². The molecule has 6 nitrogen and oxygen atoms in total. The molecule has 0 aliphatic carbocycles. The van der Waals surface area contributed by atoms with Crippen LogP contribution in [0, 0.1) is 11.8 Å². The Morgan fingerprint density at radius 1 is 1.23 bits per heavy atom. The Balaban J connectivity index is 2.06. The van der Waals surface area contributed by atoms with E-state index in [1.807, 2.05) is 24.3 Å². The summed E-state index contributed by atoms with van der Waals surface area (Å²) in [6.07, 6.45) is 0. The summed E-state index contributed by atoms with van der Waals surface area (Å²) in [6, 6.07) is 6.23. The van der Waals surface area contributed by atoms with Crippen LogP contribution in [0.2, 0.25) is 0 Å². The second kappa shape index (κ2) is 5.48. The average Bonchev–Trinajstić information content (AvgIpc) is 3.01. The van der Waals surface area contributed by atoms with Gasteiger partial charge in [0.15, 0.2) is 0 Å². The van der Waals surface area contributed by atoms with E-state index in [0.717, 1.165) is 14.9 Å². The third-order valence-corrected chi connectivity index (χ3v) is 5.11. The summed E-state index contributed by atoms with van der Waals surface area (Å²) in [7, 11) is 2.73. The van der Waals surface area contributed by atoms with Crippen molar-refractivity contribution < 1.29 is 19.1 Å². The highest BCUT2D eigenvalue weighted by atomic mass is 79.9. The summed E-state index contributed by atoms with van der Waals surface area (Å²) in [6.45, 7) is 0. The minimum absolute atomic E-state index is 0.269. The molecule has 0 radical (unpaired) electrons. The highest BCUT2D eigenvalue weighted by Gasteiger charge is 2.60. The minimum atomic E-state index is -0.812. The van der Waals surface area contributed by atoms with Gasteiger partial charge in [-0.15, -0.1) is 0 Å².